The first kappa shape index (κ1) is 13.1. The van der Waals surface area contributed by atoms with E-state index in [9.17, 15) is 0 Å². The number of ether oxygens (including phenoxy) is 1. The van der Waals surface area contributed by atoms with Crippen LogP contribution in [0.4, 0.5) is 0 Å². The van der Waals surface area contributed by atoms with E-state index in [1.54, 1.807) is 7.11 Å². The van der Waals surface area contributed by atoms with Crippen LogP contribution in [0.5, 0.6) is 0 Å². The van der Waals surface area contributed by atoms with Gasteiger partial charge >= 0.3 is 0 Å². The van der Waals surface area contributed by atoms with Crippen molar-refractivity contribution in [2.24, 2.45) is 0 Å². The summed E-state index contributed by atoms with van der Waals surface area (Å²) in [5, 5.41) is 8.19. The van der Waals surface area contributed by atoms with E-state index < -0.39 is 0 Å². The molecule has 0 aliphatic carbocycles. The van der Waals surface area contributed by atoms with Gasteiger partial charge in [-0.1, -0.05) is 6.07 Å². The molecule has 2 aromatic rings. The Labute approximate surface area is 112 Å². The van der Waals surface area contributed by atoms with E-state index in [0.29, 0.717) is 12.5 Å². The number of aromatic nitrogens is 3. The molecule has 0 aliphatic rings. The SMILES string of the molecule is COCc1nnc(CCl)n1-c1ccc(C)c(C)c1. The highest BCUT2D eigenvalue weighted by molar-refractivity contribution is 6.16. The van der Waals surface area contributed by atoms with Crippen LogP contribution in [0.1, 0.15) is 22.8 Å². The van der Waals surface area contributed by atoms with Gasteiger partial charge in [0.15, 0.2) is 11.6 Å². The normalized spacial score (nSPS) is 10.9. The van der Waals surface area contributed by atoms with Gasteiger partial charge in [-0.15, -0.1) is 21.8 Å². The van der Waals surface area contributed by atoms with E-state index in [2.05, 4.69) is 36.2 Å². The molecule has 0 amide bonds. The number of benzene rings is 1. The van der Waals surface area contributed by atoms with Gasteiger partial charge in [-0.2, -0.15) is 0 Å². The average Bonchev–Trinajstić information content (AvgIpc) is 2.76. The molecular formula is C13H16ClN3O. The molecule has 0 aliphatic heterocycles. The summed E-state index contributed by atoms with van der Waals surface area (Å²) in [5.41, 5.74) is 3.50. The summed E-state index contributed by atoms with van der Waals surface area (Å²) in [5.74, 6) is 1.81. The van der Waals surface area contributed by atoms with E-state index in [4.69, 9.17) is 16.3 Å². The second kappa shape index (κ2) is 5.50. The van der Waals surface area contributed by atoms with Crippen LogP contribution in [-0.2, 0) is 17.2 Å². The van der Waals surface area contributed by atoms with Crippen molar-refractivity contribution < 1.29 is 4.74 Å². The third-order valence-corrected chi connectivity index (χ3v) is 3.18. The highest BCUT2D eigenvalue weighted by Gasteiger charge is 2.13. The van der Waals surface area contributed by atoms with Gasteiger partial charge < -0.3 is 4.74 Å². The molecule has 96 valence electrons. The summed E-state index contributed by atoms with van der Waals surface area (Å²) in [4.78, 5) is 0. The van der Waals surface area contributed by atoms with Crippen molar-refractivity contribution in [1.29, 1.82) is 0 Å². The van der Waals surface area contributed by atoms with Crippen molar-refractivity contribution >= 4 is 11.6 Å². The first-order valence-electron chi connectivity index (χ1n) is 5.73. The zero-order chi connectivity index (χ0) is 13.1. The Balaban J connectivity index is 2.53. The van der Waals surface area contributed by atoms with Gasteiger partial charge in [-0.3, -0.25) is 4.57 Å². The van der Waals surface area contributed by atoms with E-state index in [1.165, 1.54) is 11.1 Å². The number of rotatable bonds is 4. The zero-order valence-corrected chi connectivity index (χ0v) is 11.5. The molecule has 0 saturated carbocycles. The third-order valence-electron chi connectivity index (χ3n) is 2.94. The fraction of sp³-hybridized carbons (Fsp3) is 0.385. The van der Waals surface area contributed by atoms with E-state index in [-0.39, 0.29) is 0 Å². The van der Waals surface area contributed by atoms with Gasteiger partial charge in [0.2, 0.25) is 0 Å². The largest absolute Gasteiger partial charge is 0.377 e. The standard InChI is InChI=1S/C13H16ClN3O/c1-9-4-5-11(6-10(9)2)17-12(7-14)15-16-13(17)8-18-3/h4-6H,7-8H2,1-3H3. The molecule has 1 aromatic heterocycles. The molecule has 1 heterocycles. The first-order chi connectivity index (χ1) is 8.67. The summed E-state index contributed by atoms with van der Waals surface area (Å²) in [6.45, 7) is 4.58. The van der Waals surface area contributed by atoms with Gasteiger partial charge in [0.25, 0.3) is 0 Å². The summed E-state index contributed by atoms with van der Waals surface area (Å²) < 4.78 is 7.08. The maximum Gasteiger partial charge on any atom is 0.163 e. The van der Waals surface area contributed by atoms with E-state index in [1.807, 2.05) is 10.6 Å². The number of alkyl halides is 1. The van der Waals surface area contributed by atoms with Crippen molar-refractivity contribution in [1.82, 2.24) is 14.8 Å². The predicted molar refractivity (Wildman–Crippen MR) is 71.1 cm³/mol. The van der Waals surface area contributed by atoms with Crippen LogP contribution in [-0.4, -0.2) is 21.9 Å². The van der Waals surface area contributed by atoms with Crippen molar-refractivity contribution in [3.63, 3.8) is 0 Å². The molecule has 0 saturated heterocycles. The average molecular weight is 266 g/mol. The minimum Gasteiger partial charge on any atom is -0.377 e. The Morgan fingerprint density at radius 2 is 1.89 bits per heavy atom. The molecule has 0 radical (unpaired) electrons. The number of hydrogen-bond acceptors (Lipinski definition) is 3. The molecule has 0 atom stereocenters. The van der Waals surface area contributed by atoms with Crippen LogP contribution in [0.15, 0.2) is 18.2 Å². The molecule has 4 nitrogen and oxygen atoms in total. The maximum absolute atomic E-state index is 5.90. The minimum atomic E-state index is 0.323. The summed E-state index contributed by atoms with van der Waals surface area (Å²) >= 11 is 5.90. The van der Waals surface area contributed by atoms with Crippen LogP contribution in [0.25, 0.3) is 5.69 Å². The molecule has 0 bridgehead atoms. The van der Waals surface area contributed by atoms with Crippen LogP contribution >= 0.6 is 11.6 Å². The Morgan fingerprint density at radius 1 is 1.17 bits per heavy atom. The number of methoxy groups -OCH3 is 1. The number of hydrogen-bond donors (Lipinski definition) is 0. The summed E-state index contributed by atoms with van der Waals surface area (Å²) in [6.07, 6.45) is 0. The van der Waals surface area contributed by atoms with Gasteiger partial charge in [0.05, 0.1) is 5.88 Å². The van der Waals surface area contributed by atoms with Crippen LogP contribution in [0.3, 0.4) is 0 Å². The molecule has 5 heteroatoms. The predicted octanol–water partition coefficient (Wildman–Crippen LogP) is 2.77. The van der Waals surface area contributed by atoms with Gasteiger partial charge in [0, 0.05) is 12.8 Å². The maximum atomic E-state index is 5.90. The van der Waals surface area contributed by atoms with Crippen molar-refractivity contribution in [3.05, 3.63) is 41.0 Å². The summed E-state index contributed by atoms with van der Waals surface area (Å²) in [6, 6.07) is 6.23. The number of halogens is 1. The lowest BCUT2D eigenvalue weighted by molar-refractivity contribution is 0.176. The number of nitrogens with zero attached hydrogens (tertiary/aromatic N) is 3. The van der Waals surface area contributed by atoms with Crippen LogP contribution in [0.2, 0.25) is 0 Å². The Kier molecular flexibility index (Phi) is 3.99. The lowest BCUT2D eigenvalue weighted by Crippen LogP contribution is -2.06. The fourth-order valence-electron chi connectivity index (χ4n) is 1.83. The van der Waals surface area contributed by atoms with E-state index in [0.717, 1.165) is 17.3 Å². The second-order valence-corrected chi connectivity index (χ2v) is 4.47. The molecule has 0 unspecified atom stereocenters. The smallest absolute Gasteiger partial charge is 0.163 e. The fourth-order valence-corrected chi connectivity index (χ4v) is 2.00. The first-order valence-corrected chi connectivity index (χ1v) is 6.26. The highest BCUT2D eigenvalue weighted by atomic mass is 35.5. The molecule has 0 N–H and O–H groups in total. The molecule has 0 spiro atoms. The van der Waals surface area contributed by atoms with Gasteiger partial charge in [-0.05, 0) is 37.1 Å². The van der Waals surface area contributed by atoms with E-state index >= 15 is 0 Å². The van der Waals surface area contributed by atoms with Gasteiger partial charge in [-0.25, -0.2) is 0 Å². The molecular weight excluding hydrogens is 250 g/mol. The highest BCUT2D eigenvalue weighted by Crippen LogP contribution is 2.18. The monoisotopic (exact) mass is 265 g/mol. The topological polar surface area (TPSA) is 39.9 Å². The van der Waals surface area contributed by atoms with Crippen LogP contribution in [0, 0.1) is 13.8 Å². The van der Waals surface area contributed by atoms with Crippen LogP contribution < -0.4 is 0 Å². The molecule has 18 heavy (non-hydrogen) atoms. The molecule has 2 rings (SSSR count). The Bertz CT molecular complexity index is 551. The van der Waals surface area contributed by atoms with Crippen molar-refractivity contribution in [2.45, 2.75) is 26.3 Å². The lowest BCUT2D eigenvalue weighted by Gasteiger charge is -2.10. The minimum absolute atomic E-state index is 0.323. The summed E-state index contributed by atoms with van der Waals surface area (Å²) in [7, 11) is 1.64. The molecule has 1 aromatic carbocycles. The second-order valence-electron chi connectivity index (χ2n) is 4.20. The Morgan fingerprint density at radius 3 is 2.50 bits per heavy atom. The molecule has 0 fully saturated rings. The van der Waals surface area contributed by atoms with Crippen molar-refractivity contribution in [2.75, 3.05) is 7.11 Å². The zero-order valence-electron chi connectivity index (χ0n) is 10.8. The van der Waals surface area contributed by atoms with Gasteiger partial charge in [0.1, 0.15) is 6.61 Å². The lowest BCUT2D eigenvalue weighted by atomic mass is 10.1. The quantitative estimate of drug-likeness (QED) is 0.798. The van der Waals surface area contributed by atoms with Crippen molar-refractivity contribution in [3.8, 4) is 5.69 Å². The number of aryl methyl sites for hydroxylation is 2. The Hall–Kier alpha value is -1.39. The third kappa shape index (κ3) is 2.40.